The average molecular weight is 409 g/mol. The molecule has 0 N–H and O–H groups in total. The summed E-state index contributed by atoms with van der Waals surface area (Å²) in [5.74, 6) is 0.290. The van der Waals surface area contributed by atoms with Gasteiger partial charge in [-0.05, 0) is 42.7 Å². The third kappa shape index (κ3) is 3.43. The smallest absolute Gasteiger partial charge is 0.233 e. The molecule has 2 aromatic heterocycles. The fraction of sp³-hybridized carbons (Fsp3) is 0.391. The summed E-state index contributed by atoms with van der Waals surface area (Å²) in [6, 6.07) is 13.9. The first-order valence-electron chi connectivity index (χ1n) is 10.3. The molecule has 5 nitrogen and oxygen atoms in total. The summed E-state index contributed by atoms with van der Waals surface area (Å²) < 4.78 is 2.06. The third-order valence-electron chi connectivity index (χ3n) is 6.47. The average Bonchev–Trinajstić information content (AvgIpc) is 3.11. The number of fused-ring (bicyclic) bond motifs is 1. The highest BCUT2D eigenvalue weighted by Crippen LogP contribution is 2.45. The highest BCUT2D eigenvalue weighted by atomic mass is 35.5. The Morgan fingerprint density at radius 2 is 1.79 bits per heavy atom. The van der Waals surface area contributed by atoms with Crippen LogP contribution in [0.25, 0.3) is 5.65 Å². The quantitative estimate of drug-likeness (QED) is 0.660. The van der Waals surface area contributed by atoms with Crippen molar-refractivity contribution >= 4 is 23.2 Å². The molecule has 6 heteroatoms. The van der Waals surface area contributed by atoms with E-state index in [9.17, 15) is 4.79 Å². The van der Waals surface area contributed by atoms with Crippen molar-refractivity contribution in [1.82, 2.24) is 19.2 Å². The molecule has 0 bridgehead atoms. The summed E-state index contributed by atoms with van der Waals surface area (Å²) in [5, 5.41) is 0.719. The first-order valence-corrected chi connectivity index (χ1v) is 10.7. The van der Waals surface area contributed by atoms with E-state index in [-0.39, 0.29) is 5.41 Å². The minimum absolute atomic E-state index is 0.290. The topological polar surface area (TPSA) is 40.9 Å². The maximum Gasteiger partial charge on any atom is 0.233 e. The second-order valence-electron chi connectivity index (χ2n) is 8.21. The Labute approximate surface area is 175 Å². The Morgan fingerprint density at radius 1 is 1.03 bits per heavy atom. The van der Waals surface area contributed by atoms with Crippen LogP contribution < -0.4 is 0 Å². The predicted molar refractivity (Wildman–Crippen MR) is 114 cm³/mol. The van der Waals surface area contributed by atoms with E-state index in [2.05, 4.69) is 20.4 Å². The van der Waals surface area contributed by atoms with E-state index in [0.29, 0.717) is 5.91 Å². The number of amides is 1. The van der Waals surface area contributed by atoms with Gasteiger partial charge >= 0.3 is 0 Å². The number of pyridine rings is 1. The number of imidazole rings is 1. The molecule has 0 atom stereocenters. The molecule has 0 unspecified atom stereocenters. The maximum atomic E-state index is 13.4. The number of rotatable bonds is 4. The van der Waals surface area contributed by atoms with Crippen LogP contribution in [0.1, 0.15) is 30.5 Å². The van der Waals surface area contributed by atoms with Gasteiger partial charge < -0.3 is 9.30 Å². The van der Waals surface area contributed by atoms with E-state index in [1.165, 1.54) is 0 Å². The zero-order valence-electron chi connectivity index (χ0n) is 16.4. The Morgan fingerprint density at radius 3 is 2.45 bits per heavy atom. The van der Waals surface area contributed by atoms with Crippen molar-refractivity contribution < 1.29 is 4.79 Å². The van der Waals surface area contributed by atoms with E-state index >= 15 is 0 Å². The van der Waals surface area contributed by atoms with Crippen molar-refractivity contribution in [3.05, 3.63) is 71.1 Å². The standard InChI is InChI=1S/C23H25ClN4O/c24-19-7-5-18(6-8-19)23(9-3-10-23)22(29)27-14-12-26(13-15-27)16-20-17-28-11-2-1-4-21(28)25-20/h1-2,4-8,11,17H,3,9-10,12-16H2. The number of halogens is 1. The number of hydrogen-bond donors (Lipinski definition) is 0. The van der Waals surface area contributed by atoms with Crippen molar-refractivity contribution in [3.63, 3.8) is 0 Å². The van der Waals surface area contributed by atoms with Gasteiger partial charge in [0.2, 0.25) is 5.91 Å². The number of carbonyl (C=O) groups is 1. The molecule has 5 rings (SSSR count). The zero-order chi connectivity index (χ0) is 19.8. The number of carbonyl (C=O) groups excluding carboxylic acids is 1. The zero-order valence-corrected chi connectivity index (χ0v) is 17.2. The number of piperazine rings is 1. The molecular formula is C23H25ClN4O. The molecule has 1 saturated carbocycles. The van der Waals surface area contributed by atoms with Gasteiger partial charge in [-0.25, -0.2) is 4.98 Å². The fourth-order valence-corrected chi connectivity index (χ4v) is 4.76. The van der Waals surface area contributed by atoms with Gasteiger partial charge in [0.05, 0.1) is 11.1 Å². The van der Waals surface area contributed by atoms with Crippen LogP contribution in [0.3, 0.4) is 0 Å². The molecule has 2 fully saturated rings. The molecule has 2 aliphatic rings. The van der Waals surface area contributed by atoms with Crippen LogP contribution in [-0.2, 0) is 16.8 Å². The van der Waals surface area contributed by atoms with E-state index in [1.807, 2.05) is 48.7 Å². The van der Waals surface area contributed by atoms with Crippen molar-refractivity contribution in [2.24, 2.45) is 0 Å². The Kier molecular flexibility index (Phi) is 4.80. The molecule has 1 aliphatic carbocycles. The van der Waals surface area contributed by atoms with Gasteiger partial charge in [0.1, 0.15) is 5.65 Å². The van der Waals surface area contributed by atoms with Crippen molar-refractivity contribution in [3.8, 4) is 0 Å². The van der Waals surface area contributed by atoms with E-state index in [4.69, 9.17) is 16.6 Å². The highest BCUT2D eigenvalue weighted by Gasteiger charge is 2.47. The lowest BCUT2D eigenvalue weighted by Gasteiger charge is -2.46. The van der Waals surface area contributed by atoms with Gasteiger partial charge in [-0.1, -0.05) is 36.2 Å². The molecule has 0 radical (unpaired) electrons. The minimum atomic E-state index is -0.339. The molecule has 3 aromatic rings. The van der Waals surface area contributed by atoms with Crippen LogP contribution in [0.15, 0.2) is 54.9 Å². The van der Waals surface area contributed by atoms with E-state index in [0.717, 1.165) is 73.9 Å². The number of nitrogens with zero attached hydrogens (tertiary/aromatic N) is 4. The third-order valence-corrected chi connectivity index (χ3v) is 6.72. The van der Waals surface area contributed by atoms with Crippen molar-refractivity contribution in [2.75, 3.05) is 26.2 Å². The molecule has 1 aromatic carbocycles. The minimum Gasteiger partial charge on any atom is -0.339 e. The van der Waals surface area contributed by atoms with Gasteiger partial charge in [0.25, 0.3) is 0 Å². The summed E-state index contributed by atoms with van der Waals surface area (Å²) in [4.78, 5) is 22.6. The summed E-state index contributed by atoms with van der Waals surface area (Å²) >= 11 is 6.05. The van der Waals surface area contributed by atoms with Crippen LogP contribution >= 0.6 is 11.6 Å². The van der Waals surface area contributed by atoms with Crippen LogP contribution in [0.5, 0.6) is 0 Å². The van der Waals surface area contributed by atoms with Crippen LogP contribution in [0.4, 0.5) is 0 Å². The molecule has 0 spiro atoms. The first kappa shape index (κ1) is 18.6. The largest absolute Gasteiger partial charge is 0.339 e. The molecular weight excluding hydrogens is 384 g/mol. The Balaban J connectivity index is 1.24. The molecule has 3 heterocycles. The lowest BCUT2D eigenvalue weighted by Crippen LogP contribution is -2.56. The van der Waals surface area contributed by atoms with E-state index in [1.54, 1.807) is 0 Å². The van der Waals surface area contributed by atoms with Gasteiger partial charge in [-0.3, -0.25) is 9.69 Å². The lowest BCUT2D eigenvalue weighted by atomic mass is 9.63. The van der Waals surface area contributed by atoms with Gasteiger partial charge in [-0.2, -0.15) is 0 Å². The molecule has 1 saturated heterocycles. The van der Waals surface area contributed by atoms with E-state index < -0.39 is 0 Å². The molecule has 150 valence electrons. The first-order chi connectivity index (χ1) is 14.1. The molecule has 29 heavy (non-hydrogen) atoms. The normalized spacial score (nSPS) is 19.3. The predicted octanol–water partition coefficient (Wildman–Crippen LogP) is 3.75. The summed E-state index contributed by atoms with van der Waals surface area (Å²) in [7, 11) is 0. The van der Waals surface area contributed by atoms with Crippen molar-refractivity contribution in [1.29, 1.82) is 0 Å². The second kappa shape index (κ2) is 7.47. The lowest BCUT2D eigenvalue weighted by molar-refractivity contribution is -0.142. The van der Waals surface area contributed by atoms with Crippen LogP contribution in [0.2, 0.25) is 5.02 Å². The van der Waals surface area contributed by atoms with Gasteiger partial charge in [0.15, 0.2) is 0 Å². The Hall–Kier alpha value is -2.37. The summed E-state index contributed by atoms with van der Waals surface area (Å²) in [5.41, 5.74) is 2.83. The SMILES string of the molecule is O=C(N1CCN(Cc2cn3ccccc3n2)CC1)C1(c2ccc(Cl)cc2)CCC1. The fourth-order valence-electron chi connectivity index (χ4n) is 4.63. The number of aromatic nitrogens is 2. The maximum absolute atomic E-state index is 13.4. The summed E-state index contributed by atoms with van der Waals surface area (Å²) in [6.45, 7) is 4.15. The second-order valence-corrected chi connectivity index (χ2v) is 8.65. The summed E-state index contributed by atoms with van der Waals surface area (Å²) in [6.07, 6.45) is 7.11. The number of hydrogen-bond acceptors (Lipinski definition) is 3. The van der Waals surface area contributed by atoms with Gasteiger partial charge in [-0.15, -0.1) is 0 Å². The van der Waals surface area contributed by atoms with Crippen LogP contribution in [-0.4, -0.2) is 51.3 Å². The highest BCUT2D eigenvalue weighted by molar-refractivity contribution is 6.30. The van der Waals surface area contributed by atoms with Crippen molar-refractivity contribution in [2.45, 2.75) is 31.2 Å². The Bertz CT molecular complexity index is 984. The molecule has 1 amide bonds. The number of benzene rings is 1. The van der Waals surface area contributed by atoms with Gasteiger partial charge in [0, 0.05) is 50.1 Å². The molecule has 1 aliphatic heterocycles. The van der Waals surface area contributed by atoms with Crippen LogP contribution in [0, 0.1) is 0 Å². The monoisotopic (exact) mass is 408 g/mol.